The van der Waals surface area contributed by atoms with Crippen molar-refractivity contribution in [1.82, 2.24) is 0 Å². The van der Waals surface area contributed by atoms with Gasteiger partial charge in [-0.15, -0.1) is 0 Å². The number of benzene rings is 1. The van der Waals surface area contributed by atoms with Crippen LogP contribution in [0.25, 0.3) is 0 Å². The third-order valence-electron chi connectivity index (χ3n) is 7.17. The number of carboxylic acid groups (broad SMARTS) is 1. The highest BCUT2D eigenvalue weighted by Crippen LogP contribution is 2.61. The number of nitro benzene ring substituents is 1. The van der Waals surface area contributed by atoms with Gasteiger partial charge in [-0.1, -0.05) is 13.8 Å². The molecule has 4 fully saturated rings. The van der Waals surface area contributed by atoms with E-state index in [9.17, 15) is 19.7 Å². The van der Waals surface area contributed by atoms with Gasteiger partial charge in [-0.05, 0) is 67.8 Å². The highest BCUT2D eigenvalue weighted by molar-refractivity contribution is 5.89. The molecule has 0 heterocycles. The van der Waals surface area contributed by atoms with Gasteiger partial charge in [-0.2, -0.15) is 0 Å². The van der Waals surface area contributed by atoms with Crippen LogP contribution in [0.3, 0.4) is 0 Å². The molecule has 156 valence electrons. The van der Waals surface area contributed by atoms with Crippen molar-refractivity contribution in [3.05, 3.63) is 33.9 Å². The topological polar surface area (TPSA) is 116 Å². The Kier molecular flexibility index (Phi) is 4.75. The molecular formula is C21H25NO7. The van der Waals surface area contributed by atoms with Gasteiger partial charge in [-0.25, -0.2) is 9.59 Å². The summed E-state index contributed by atoms with van der Waals surface area (Å²) in [5.74, 6) is 0.332. The van der Waals surface area contributed by atoms with Gasteiger partial charge in [0.15, 0.2) is 0 Å². The number of nitro groups is 1. The van der Waals surface area contributed by atoms with Crippen molar-refractivity contribution in [2.75, 3.05) is 0 Å². The van der Waals surface area contributed by atoms with Crippen molar-refractivity contribution in [2.45, 2.75) is 51.6 Å². The van der Waals surface area contributed by atoms with Crippen LogP contribution in [-0.2, 0) is 4.74 Å². The number of hydrogen-bond acceptors (Lipinski definition) is 6. The molecule has 5 rings (SSSR count). The molecule has 4 aliphatic rings. The van der Waals surface area contributed by atoms with Crippen molar-refractivity contribution in [3.63, 3.8) is 0 Å². The molecule has 0 aromatic heterocycles. The molecule has 0 unspecified atom stereocenters. The van der Waals surface area contributed by atoms with E-state index in [-0.39, 0.29) is 23.3 Å². The smallest absolute Gasteiger partial charge is 0.478 e. The first-order chi connectivity index (χ1) is 13.7. The molecule has 0 radical (unpaired) electrons. The van der Waals surface area contributed by atoms with Crippen LogP contribution in [0, 0.1) is 39.7 Å². The Balaban J connectivity index is 1.60. The second-order valence-electron chi connectivity index (χ2n) is 9.01. The highest BCUT2D eigenvalue weighted by Gasteiger charge is 2.61. The van der Waals surface area contributed by atoms with Crippen molar-refractivity contribution in [3.8, 4) is 5.75 Å². The fraction of sp³-hybridized carbons (Fsp3) is 0.619. The Labute approximate surface area is 168 Å². The number of hydrogen-bond donors (Lipinski definition) is 1. The maximum absolute atomic E-state index is 12.8. The zero-order valence-corrected chi connectivity index (χ0v) is 16.5. The lowest BCUT2D eigenvalue weighted by atomic mass is 9.47. The van der Waals surface area contributed by atoms with E-state index in [1.807, 2.05) is 13.8 Å². The molecule has 0 saturated heterocycles. The van der Waals surface area contributed by atoms with E-state index in [4.69, 9.17) is 14.6 Å². The summed E-state index contributed by atoms with van der Waals surface area (Å²) in [5, 5.41) is 20.4. The maximum atomic E-state index is 12.8. The normalized spacial score (nSPS) is 32.2. The van der Waals surface area contributed by atoms with E-state index in [1.165, 1.54) is 6.42 Å². The van der Waals surface area contributed by atoms with Crippen LogP contribution in [0.15, 0.2) is 18.2 Å². The van der Waals surface area contributed by atoms with Crippen molar-refractivity contribution < 1.29 is 29.1 Å². The van der Waals surface area contributed by atoms with Crippen LogP contribution >= 0.6 is 0 Å². The standard InChI is InChI=1S/C21H25NO7/c1-11(2)21(15-6-12-5-13(8-15)9-16(21)7-12)29-20(25)28-18-10-14(19(23)24)3-4-17(18)22(26)27/h3-4,10-13,15-16H,5-9H2,1-2H3,(H,23,24). The summed E-state index contributed by atoms with van der Waals surface area (Å²) in [6, 6.07) is 3.11. The van der Waals surface area contributed by atoms with E-state index in [2.05, 4.69) is 0 Å². The molecule has 4 bridgehead atoms. The van der Waals surface area contributed by atoms with Gasteiger partial charge in [0.1, 0.15) is 5.60 Å². The summed E-state index contributed by atoms with van der Waals surface area (Å²) in [5.41, 5.74) is -1.31. The Morgan fingerprint density at radius 3 is 2.21 bits per heavy atom. The molecule has 0 spiro atoms. The van der Waals surface area contributed by atoms with Gasteiger partial charge in [0.25, 0.3) is 0 Å². The molecule has 29 heavy (non-hydrogen) atoms. The lowest BCUT2D eigenvalue weighted by molar-refractivity contribution is -0.385. The number of carbonyl (C=O) groups is 2. The third kappa shape index (κ3) is 3.24. The fourth-order valence-electron chi connectivity index (χ4n) is 6.28. The van der Waals surface area contributed by atoms with Gasteiger partial charge in [0.2, 0.25) is 5.75 Å². The summed E-state index contributed by atoms with van der Waals surface area (Å²) in [6.45, 7) is 4.09. The summed E-state index contributed by atoms with van der Waals surface area (Å²) in [6.07, 6.45) is 4.40. The van der Waals surface area contributed by atoms with Crippen LogP contribution in [0.1, 0.15) is 56.3 Å². The summed E-state index contributed by atoms with van der Waals surface area (Å²) >= 11 is 0. The number of carboxylic acids is 1. The first kappa shape index (κ1) is 19.7. The van der Waals surface area contributed by atoms with Crippen molar-refractivity contribution in [2.24, 2.45) is 29.6 Å². The van der Waals surface area contributed by atoms with E-state index >= 15 is 0 Å². The monoisotopic (exact) mass is 403 g/mol. The maximum Gasteiger partial charge on any atom is 0.514 e. The first-order valence-corrected chi connectivity index (χ1v) is 10.1. The predicted molar refractivity (Wildman–Crippen MR) is 102 cm³/mol. The zero-order valence-electron chi connectivity index (χ0n) is 16.5. The Morgan fingerprint density at radius 1 is 1.14 bits per heavy atom. The minimum Gasteiger partial charge on any atom is -0.478 e. The number of ether oxygens (including phenoxy) is 2. The molecule has 0 aliphatic heterocycles. The second-order valence-corrected chi connectivity index (χ2v) is 9.01. The second kappa shape index (κ2) is 7.00. The molecule has 4 aliphatic carbocycles. The summed E-state index contributed by atoms with van der Waals surface area (Å²) < 4.78 is 11.2. The van der Waals surface area contributed by atoms with E-state index in [0.717, 1.165) is 43.9 Å². The third-order valence-corrected chi connectivity index (χ3v) is 7.17. The van der Waals surface area contributed by atoms with Crippen LogP contribution in [0.5, 0.6) is 5.75 Å². The molecule has 0 atom stereocenters. The molecule has 1 aromatic rings. The van der Waals surface area contributed by atoms with Crippen LogP contribution in [0.4, 0.5) is 10.5 Å². The molecular weight excluding hydrogens is 378 g/mol. The Morgan fingerprint density at radius 2 is 1.72 bits per heavy atom. The number of carbonyl (C=O) groups excluding carboxylic acids is 1. The van der Waals surface area contributed by atoms with Gasteiger partial charge < -0.3 is 14.6 Å². The Bertz CT molecular complexity index is 835. The predicted octanol–water partition coefficient (Wildman–Crippen LogP) is 4.66. The average Bonchev–Trinajstić information content (AvgIpc) is 2.63. The number of nitrogens with zero attached hydrogens (tertiary/aromatic N) is 1. The molecule has 1 aromatic carbocycles. The number of rotatable bonds is 5. The minimum absolute atomic E-state index is 0.0883. The zero-order chi connectivity index (χ0) is 20.9. The van der Waals surface area contributed by atoms with E-state index < -0.39 is 34.1 Å². The van der Waals surface area contributed by atoms with Gasteiger partial charge in [0.05, 0.1) is 10.5 Å². The van der Waals surface area contributed by atoms with Crippen molar-refractivity contribution in [1.29, 1.82) is 0 Å². The van der Waals surface area contributed by atoms with Gasteiger partial charge >= 0.3 is 17.8 Å². The summed E-state index contributed by atoms with van der Waals surface area (Å²) in [4.78, 5) is 34.5. The Hall–Kier alpha value is -2.64. The fourth-order valence-corrected chi connectivity index (χ4v) is 6.28. The van der Waals surface area contributed by atoms with Crippen LogP contribution < -0.4 is 4.74 Å². The lowest BCUT2D eigenvalue weighted by Gasteiger charge is -2.61. The van der Waals surface area contributed by atoms with Crippen LogP contribution in [-0.4, -0.2) is 27.8 Å². The van der Waals surface area contributed by atoms with E-state index in [0.29, 0.717) is 11.8 Å². The first-order valence-electron chi connectivity index (χ1n) is 10.1. The molecule has 0 amide bonds. The molecule has 8 heteroatoms. The van der Waals surface area contributed by atoms with E-state index in [1.54, 1.807) is 0 Å². The minimum atomic E-state index is -1.27. The summed E-state index contributed by atoms with van der Waals surface area (Å²) in [7, 11) is 0. The number of aromatic carboxylic acids is 1. The van der Waals surface area contributed by atoms with Crippen molar-refractivity contribution >= 4 is 17.8 Å². The average molecular weight is 403 g/mol. The lowest BCUT2D eigenvalue weighted by Crippen LogP contribution is -2.62. The van der Waals surface area contributed by atoms with Gasteiger partial charge in [-0.3, -0.25) is 10.1 Å². The van der Waals surface area contributed by atoms with Crippen LogP contribution in [0.2, 0.25) is 0 Å². The molecule has 8 nitrogen and oxygen atoms in total. The largest absolute Gasteiger partial charge is 0.514 e. The SMILES string of the molecule is CC(C)C1(OC(=O)Oc2cc(C(=O)O)ccc2[N+](=O)[O-])C2CC3CC(C2)CC1C3. The highest BCUT2D eigenvalue weighted by atomic mass is 16.7. The molecule has 1 N–H and O–H groups in total. The quantitative estimate of drug-likeness (QED) is 0.329. The molecule has 4 saturated carbocycles. The van der Waals surface area contributed by atoms with Gasteiger partial charge in [0, 0.05) is 12.1 Å².